The molecular weight excluding hydrogens is 434 g/mol. The third kappa shape index (κ3) is 3.92. The monoisotopic (exact) mass is 456 g/mol. The normalized spacial score (nSPS) is 24.8. The first kappa shape index (κ1) is 21.1. The Kier molecular flexibility index (Phi) is 5.71. The number of pyridine rings is 1. The summed E-state index contributed by atoms with van der Waals surface area (Å²) in [5.74, 6) is -1.55. The lowest BCUT2D eigenvalue weighted by Gasteiger charge is -2.37. The molecule has 3 heterocycles. The molecule has 3 aromatic rings. The number of hydrogen-bond acceptors (Lipinski definition) is 6. The molecule has 9 heteroatoms. The van der Waals surface area contributed by atoms with E-state index in [1.54, 1.807) is 12.4 Å². The van der Waals surface area contributed by atoms with Crippen LogP contribution in [0.4, 0.5) is 14.5 Å². The minimum absolute atomic E-state index is 0.0507. The highest BCUT2D eigenvalue weighted by Gasteiger charge is 2.40. The molecule has 1 aliphatic heterocycles. The number of anilines is 1. The van der Waals surface area contributed by atoms with E-state index < -0.39 is 17.5 Å². The number of nitrogens with zero attached hydrogens (tertiary/aromatic N) is 2. The SMILES string of the molecule is N[C@H]1C[C@@H](c2ccncc2NC(=O)c2csc(-c3c(F)cccc3F)n2)O[C@H]2CCC[C@H]21. The van der Waals surface area contributed by atoms with Gasteiger partial charge in [0.2, 0.25) is 0 Å². The fourth-order valence-corrected chi connectivity index (χ4v) is 5.52. The van der Waals surface area contributed by atoms with Crippen molar-refractivity contribution in [2.45, 2.75) is 43.9 Å². The van der Waals surface area contributed by atoms with Gasteiger partial charge in [-0.15, -0.1) is 11.3 Å². The lowest BCUT2D eigenvalue weighted by Crippen LogP contribution is -2.43. The van der Waals surface area contributed by atoms with E-state index >= 15 is 0 Å². The van der Waals surface area contributed by atoms with Crippen LogP contribution < -0.4 is 11.1 Å². The average molecular weight is 457 g/mol. The van der Waals surface area contributed by atoms with Crippen LogP contribution >= 0.6 is 11.3 Å². The van der Waals surface area contributed by atoms with Gasteiger partial charge in [-0.05, 0) is 37.5 Å². The summed E-state index contributed by atoms with van der Waals surface area (Å²) in [5, 5.41) is 4.40. The van der Waals surface area contributed by atoms with Gasteiger partial charge in [0.15, 0.2) is 0 Å². The van der Waals surface area contributed by atoms with Crippen LogP contribution in [0.2, 0.25) is 0 Å². The summed E-state index contributed by atoms with van der Waals surface area (Å²) in [4.78, 5) is 21.1. The van der Waals surface area contributed by atoms with Gasteiger partial charge in [-0.3, -0.25) is 9.78 Å². The van der Waals surface area contributed by atoms with E-state index in [-0.39, 0.29) is 34.5 Å². The molecule has 2 aliphatic rings. The quantitative estimate of drug-likeness (QED) is 0.594. The van der Waals surface area contributed by atoms with Gasteiger partial charge in [0.1, 0.15) is 22.3 Å². The molecule has 1 saturated carbocycles. The van der Waals surface area contributed by atoms with E-state index in [9.17, 15) is 13.6 Å². The number of nitrogens with two attached hydrogens (primary N) is 1. The largest absolute Gasteiger partial charge is 0.370 e. The van der Waals surface area contributed by atoms with Crippen molar-refractivity contribution in [3.8, 4) is 10.6 Å². The minimum Gasteiger partial charge on any atom is -0.370 e. The summed E-state index contributed by atoms with van der Waals surface area (Å²) in [6.07, 6.45) is 6.99. The maximum absolute atomic E-state index is 14.1. The summed E-state index contributed by atoms with van der Waals surface area (Å²) < 4.78 is 34.5. The summed E-state index contributed by atoms with van der Waals surface area (Å²) >= 11 is 1.00. The molecule has 5 rings (SSSR count). The Morgan fingerprint density at radius 3 is 2.84 bits per heavy atom. The Morgan fingerprint density at radius 2 is 2.03 bits per heavy atom. The molecule has 0 bridgehead atoms. The van der Waals surface area contributed by atoms with Crippen LogP contribution in [-0.2, 0) is 4.74 Å². The zero-order chi connectivity index (χ0) is 22.2. The van der Waals surface area contributed by atoms with Gasteiger partial charge in [-0.1, -0.05) is 12.5 Å². The molecule has 1 amide bonds. The number of benzene rings is 1. The number of amides is 1. The van der Waals surface area contributed by atoms with Crippen LogP contribution in [0, 0.1) is 17.6 Å². The lowest BCUT2D eigenvalue weighted by atomic mass is 9.87. The number of aromatic nitrogens is 2. The number of thiazole rings is 1. The van der Waals surface area contributed by atoms with Crippen molar-refractivity contribution in [1.82, 2.24) is 9.97 Å². The van der Waals surface area contributed by atoms with Gasteiger partial charge in [-0.25, -0.2) is 13.8 Å². The number of hydrogen-bond donors (Lipinski definition) is 2. The number of carbonyl (C=O) groups is 1. The van der Waals surface area contributed by atoms with Gasteiger partial charge in [0, 0.05) is 29.1 Å². The van der Waals surface area contributed by atoms with Crippen molar-refractivity contribution < 1.29 is 18.3 Å². The average Bonchev–Trinajstić information content (AvgIpc) is 3.44. The Bertz CT molecular complexity index is 1130. The third-order valence-electron chi connectivity index (χ3n) is 6.24. The second kappa shape index (κ2) is 8.65. The molecule has 1 aliphatic carbocycles. The van der Waals surface area contributed by atoms with Crippen LogP contribution in [0.5, 0.6) is 0 Å². The number of ether oxygens (including phenoxy) is 1. The number of rotatable bonds is 4. The molecule has 3 N–H and O–H groups in total. The molecule has 32 heavy (non-hydrogen) atoms. The lowest BCUT2D eigenvalue weighted by molar-refractivity contribution is -0.0800. The molecule has 0 spiro atoms. The highest BCUT2D eigenvalue weighted by atomic mass is 32.1. The van der Waals surface area contributed by atoms with Gasteiger partial charge in [0.05, 0.1) is 29.7 Å². The maximum Gasteiger partial charge on any atom is 0.275 e. The molecule has 4 atom stereocenters. The number of nitrogens with one attached hydrogen (secondary N) is 1. The van der Waals surface area contributed by atoms with Crippen molar-refractivity contribution in [3.05, 3.63) is 64.9 Å². The van der Waals surface area contributed by atoms with Gasteiger partial charge in [0.25, 0.3) is 5.91 Å². The minimum atomic E-state index is -0.725. The first-order chi connectivity index (χ1) is 15.5. The third-order valence-corrected chi connectivity index (χ3v) is 7.10. The first-order valence-electron chi connectivity index (χ1n) is 10.6. The maximum atomic E-state index is 14.1. The molecular formula is C23H22F2N4O2S. The highest BCUT2D eigenvalue weighted by molar-refractivity contribution is 7.13. The van der Waals surface area contributed by atoms with Crippen molar-refractivity contribution in [2.24, 2.45) is 11.7 Å². The molecule has 2 fully saturated rings. The number of fused-ring (bicyclic) bond motifs is 1. The molecule has 1 aromatic carbocycles. The number of carbonyl (C=O) groups excluding carboxylic acids is 1. The predicted molar refractivity (Wildman–Crippen MR) is 117 cm³/mol. The van der Waals surface area contributed by atoms with E-state index in [2.05, 4.69) is 15.3 Å². The van der Waals surface area contributed by atoms with E-state index in [0.29, 0.717) is 18.0 Å². The molecule has 6 nitrogen and oxygen atoms in total. The van der Waals surface area contributed by atoms with Gasteiger partial charge >= 0.3 is 0 Å². The van der Waals surface area contributed by atoms with Crippen molar-refractivity contribution in [2.75, 3.05) is 5.32 Å². The molecule has 2 aromatic heterocycles. The second-order valence-corrected chi connectivity index (χ2v) is 9.07. The topological polar surface area (TPSA) is 90.1 Å². The van der Waals surface area contributed by atoms with Crippen molar-refractivity contribution in [3.63, 3.8) is 0 Å². The van der Waals surface area contributed by atoms with E-state index in [4.69, 9.17) is 10.5 Å². The fourth-order valence-electron chi connectivity index (χ4n) is 4.67. The van der Waals surface area contributed by atoms with Crippen molar-refractivity contribution >= 4 is 22.9 Å². The summed E-state index contributed by atoms with van der Waals surface area (Å²) in [7, 11) is 0. The Morgan fingerprint density at radius 1 is 1.22 bits per heavy atom. The van der Waals surface area contributed by atoms with E-state index in [0.717, 1.165) is 48.3 Å². The second-order valence-electron chi connectivity index (χ2n) is 8.21. The molecule has 166 valence electrons. The van der Waals surface area contributed by atoms with Crippen molar-refractivity contribution in [1.29, 1.82) is 0 Å². The van der Waals surface area contributed by atoms with E-state index in [1.165, 1.54) is 11.4 Å². The van der Waals surface area contributed by atoms with Crippen LogP contribution in [-0.4, -0.2) is 28.0 Å². The Labute approximate surface area is 187 Å². The van der Waals surface area contributed by atoms with Crippen LogP contribution in [0.25, 0.3) is 10.6 Å². The highest BCUT2D eigenvalue weighted by Crippen LogP contribution is 2.43. The molecule has 0 radical (unpaired) electrons. The zero-order valence-corrected chi connectivity index (χ0v) is 17.9. The molecule has 0 unspecified atom stereocenters. The Hall–Kier alpha value is -2.75. The van der Waals surface area contributed by atoms with Gasteiger partial charge in [-0.2, -0.15) is 0 Å². The standard InChI is InChI=1S/C23H22F2N4O2S/c24-14-4-2-5-15(25)21(14)23-29-18(11-32-23)22(30)28-17-10-27-8-7-13(17)20-9-16(26)12-3-1-6-19(12)31-20/h2,4-5,7-8,10-12,16,19-20H,1,3,6,9,26H2,(H,28,30)/t12-,16-,19-,20-/m0/s1. The van der Waals surface area contributed by atoms with Crippen LogP contribution in [0.1, 0.15) is 47.8 Å². The molecule has 1 saturated heterocycles. The smallest absolute Gasteiger partial charge is 0.275 e. The van der Waals surface area contributed by atoms with Gasteiger partial charge < -0.3 is 15.8 Å². The predicted octanol–water partition coefficient (Wildman–Crippen LogP) is 4.69. The zero-order valence-electron chi connectivity index (χ0n) is 17.1. The summed E-state index contributed by atoms with van der Waals surface area (Å²) in [5.41, 5.74) is 7.57. The summed E-state index contributed by atoms with van der Waals surface area (Å²) in [6, 6.07) is 5.47. The Balaban J connectivity index is 1.37. The van der Waals surface area contributed by atoms with Crippen LogP contribution in [0.3, 0.4) is 0 Å². The first-order valence-corrected chi connectivity index (χ1v) is 11.5. The fraction of sp³-hybridized carbons (Fsp3) is 0.348. The summed E-state index contributed by atoms with van der Waals surface area (Å²) in [6.45, 7) is 0. The van der Waals surface area contributed by atoms with Crippen LogP contribution in [0.15, 0.2) is 42.0 Å². The number of halogens is 2. The van der Waals surface area contributed by atoms with E-state index in [1.807, 2.05) is 6.07 Å².